The summed E-state index contributed by atoms with van der Waals surface area (Å²) in [4.78, 5) is 22.3. The lowest BCUT2D eigenvalue weighted by atomic mass is 9.85. The van der Waals surface area contributed by atoms with Gasteiger partial charge >= 0.3 is 11.9 Å². The Morgan fingerprint density at radius 1 is 1.33 bits per heavy atom. The minimum absolute atomic E-state index is 0.0929. The molecular formula is C11H16O4. The molecule has 0 saturated carbocycles. The highest BCUT2D eigenvalue weighted by Gasteiger charge is 2.26. The SMILES string of the molecule is COC(=O)C[C@@H]1C=CC[C@H](C(=O)OC)C1. The van der Waals surface area contributed by atoms with E-state index in [4.69, 9.17) is 0 Å². The molecule has 0 heterocycles. The fourth-order valence-electron chi connectivity index (χ4n) is 1.78. The van der Waals surface area contributed by atoms with Crippen molar-refractivity contribution < 1.29 is 19.1 Å². The molecule has 0 aliphatic heterocycles. The molecule has 0 bridgehead atoms. The van der Waals surface area contributed by atoms with Crippen molar-refractivity contribution in [1.29, 1.82) is 0 Å². The van der Waals surface area contributed by atoms with E-state index >= 15 is 0 Å². The average Bonchev–Trinajstić information content (AvgIpc) is 2.28. The smallest absolute Gasteiger partial charge is 0.308 e. The van der Waals surface area contributed by atoms with Gasteiger partial charge in [-0.05, 0) is 18.8 Å². The van der Waals surface area contributed by atoms with Crippen LogP contribution < -0.4 is 0 Å². The highest BCUT2D eigenvalue weighted by atomic mass is 16.5. The summed E-state index contributed by atoms with van der Waals surface area (Å²) in [6, 6.07) is 0. The molecule has 0 radical (unpaired) electrons. The van der Waals surface area contributed by atoms with E-state index < -0.39 is 0 Å². The Morgan fingerprint density at radius 3 is 2.67 bits per heavy atom. The first kappa shape index (κ1) is 11.8. The van der Waals surface area contributed by atoms with E-state index in [9.17, 15) is 9.59 Å². The summed E-state index contributed by atoms with van der Waals surface area (Å²) in [6.07, 6.45) is 5.60. The topological polar surface area (TPSA) is 52.6 Å². The summed E-state index contributed by atoms with van der Waals surface area (Å²) >= 11 is 0. The van der Waals surface area contributed by atoms with Crippen molar-refractivity contribution in [3.05, 3.63) is 12.2 Å². The van der Waals surface area contributed by atoms with Crippen LogP contribution in [0.25, 0.3) is 0 Å². The number of carbonyl (C=O) groups is 2. The molecule has 1 aliphatic rings. The number of hydrogen-bond donors (Lipinski definition) is 0. The van der Waals surface area contributed by atoms with Gasteiger partial charge < -0.3 is 9.47 Å². The van der Waals surface area contributed by atoms with Gasteiger partial charge in [0.05, 0.1) is 26.6 Å². The van der Waals surface area contributed by atoms with Crippen LogP contribution in [0.5, 0.6) is 0 Å². The minimum Gasteiger partial charge on any atom is -0.469 e. The van der Waals surface area contributed by atoms with Crippen LogP contribution in [0.3, 0.4) is 0 Å². The van der Waals surface area contributed by atoms with Gasteiger partial charge in [0.25, 0.3) is 0 Å². The second-order valence-corrected chi connectivity index (χ2v) is 3.66. The average molecular weight is 212 g/mol. The van der Waals surface area contributed by atoms with Gasteiger partial charge in [0, 0.05) is 0 Å². The third-order valence-electron chi connectivity index (χ3n) is 2.61. The van der Waals surface area contributed by atoms with Crippen molar-refractivity contribution in [1.82, 2.24) is 0 Å². The molecule has 1 rings (SSSR count). The molecule has 2 atom stereocenters. The predicted octanol–water partition coefficient (Wildman–Crippen LogP) is 1.30. The third kappa shape index (κ3) is 3.38. The molecule has 4 nitrogen and oxygen atoms in total. The molecule has 0 aromatic rings. The predicted molar refractivity (Wildman–Crippen MR) is 54.0 cm³/mol. The molecule has 0 fully saturated rings. The van der Waals surface area contributed by atoms with Crippen molar-refractivity contribution in [3.8, 4) is 0 Å². The minimum atomic E-state index is -0.241. The molecule has 0 amide bonds. The summed E-state index contributed by atoms with van der Waals surface area (Å²) in [6.45, 7) is 0. The van der Waals surface area contributed by atoms with Gasteiger partial charge in [-0.1, -0.05) is 12.2 Å². The molecular weight excluding hydrogens is 196 g/mol. The number of esters is 2. The third-order valence-corrected chi connectivity index (χ3v) is 2.61. The van der Waals surface area contributed by atoms with Gasteiger partial charge in [0.2, 0.25) is 0 Å². The van der Waals surface area contributed by atoms with E-state index in [0.717, 1.165) is 0 Å². The lowest BCUT2D eigenvalue weighted by Gasteiger charge is -2.21. The fraction of sp³-hybridized carbons (Fsp3) is 0.636. The molecule has 0 N–H and O–H groups in total. The van der Waals surface area contributed by atoms with E-state index in [1.54, 1.807) is 0 Å². The van der Waals surface area contributed by atoms with Gasteiger partial charge in [0.1, 0.15) is 0 Å². The molecule has 0 saturated heterocycles. The summed E-state index contributed by atoms with van der Waals surface area (Å²) in [7, 11) is 2.75. The Bertz CT molecular complexity index is 270. The largest absolute Gasteiger partial charge is 0.469 e. The molecule has 0 aromatic carbocycles. The molecule has 1 aliphatic carbocycles. The van der Waals surface area contributed by atoms with E-state index in [0.29, 0.717) is 19.3 Å². The summed E-state index contributed by atoms with van der Waals surface area (Å²) in [5, 5.41) is 0. The van der Waals surface area contributed by atoms with Gasteiger partial charge in [0.15, 0.2) is 0 Å². The van der Waals surface area contributed by atoms with Gasteiger partial charge in [-0.2, -0.15) is 0 Å². The molecule has 0 unspecified atom stereocenters. The Kier molecular flexibility index (Phi) is 4.34. The maximum atomic E-state index is 11.3. The summed E-state index contributed by atoms with van der Waals surface area (Å²) < 4.78 is 9.27. The summed E-state index contributed by atoms with van der Waals surface area (Å²) in [5.41, 5.74) is 0. The van der Waals surface area contributed by atoms with Crippen LogP contribution >= 0.6 is 0 Å². The highest BCUT2D eigenvalue weighted by Crippen LogP contribution is 2.26. The maximum Gasteiger partial charge on any atom is 0.308 e. The van der Waals surface area contributed by atoms with Crippen LogP contribution in [0.1, 0.15) is 19.3 Å². The molecule has 84 valence electrons. The first-order chi connectivity index (χ1) is 7.17. The summed E-state index contributed by atoms with van der Waals surface area (Å²) in [5.74, 6) is -0.464. The van der Waals surface area contributed by atoms with Gasteiger partial charge in [-0.15, -0.1) is 0 Å². The van der Waals surface area contributed by atoms with Gasteiger partial charge in [-0.25, -0.2) is 0 Å². The second-order valence-electron chi connectivity index (χ2n) is 3.66. The second kappa shape index (κ2) is 5.53. The van der Waals surface area contributed by atoms with Crippen molar-refractivity contribution in [3.63, 3.8) is 0 Å². The molecule has 4 heteroatoms. The first-order valence-electron chi connectivity index (χ1n) is 4.98. The van der Waals surface area contributed by atoms with Crippen LogP contribution in [0.15, 0.2) is 12.2 Å². The van der Waals surface area contributed by atoms with Crippen LogP contribution in [0.4, 0.5) is 0 Å². The van der Waals surface area contributed by atoms with Crippen molar-refractivity contribution in [2.45, 2.75) is 19.3 Å². The Labute approximate surface area is 89.2 Å². The van der Waals surface area contributed by atoms with E-state index in [-0.39, 0.29) is 23.8 Å². The number of methoxy groups -OCH3 is 2. The standard InChI is InChI=1S/C11H16O4/c1-14-10(12)7-8-4-3-5-9(6-8)11(13)15-2/h3-4,8-9H,5-7H2,1-2H3/t8-,9+/m1/s1. The zero-order valence-corrected chi connectivity index (χ0v) is 9.06. The van der Waals surface area contributed by atoms with Crippen LogP contribution in [0, 0.1) is 11.8 Å². The molecule has 0 aromatic heterocycles. The Balaban J connectivity index is 2.49. The van der Waals surface area contributed by atoms with Crippen LogP contribution in [-0.4, -0.2) is 26.2 Å². The molecule has 0 spiro atoms. The monoisotopic (exact) mass is 212 g/mol. The normalized spacial score (nSPS) is 24.7. The number of hydrogen-bond acceptors (Lipinski definition) is 4. The van der Waals surface area contributed by atoms with E-state index in [1.165, 1.54) is 14.2 Å². The fourth-order valence-corrected chi connectivity index (χ4v) is 1.78. The van der Waals surface area contributed by atoms with Crippen LogP contribution in [0.2, 0.25) is 0 Å². The number of ether oxygens (including phenoxy) is 2. The Morgan fingerprint density at radius 2 is 2.07 bits per heavy atom. The molecule has 15 heavy (non-hydrogen) atoms. The van der Waals surface area contributed by atoms with Crippen LogP contribution in [-0.2, 0) is 19.1 Å². The number of allylic oxidation sites excluding steroid dienone is 2. The van der Waals surface area contributed by atoms with E-state index in [1.807, 2.05) is 12.2 Å². The van der Waals surface area contributed by atoms with E-state index in [2.05, 4.69) is 9.47 Å². The van der Waals surface area contributed by atoms with Crippen molar-refractivity contribution in [2.75, 3.05) is 14.2 Å². The zero-order valence-electron chi connectivity index (χ0n) is 9.06. The van der Waals surface area contributed by atoms with Gasteiger partial charge in [-0.3, -0.25) is 9.59 Å². The lowest BCUT2D eigenvalue weighted by Crippen LogP contribution is -2.22. The highest BCUT2D eigenvalue weighted by molar-refractivity contribution is 5.73. The van der Waals surface area contributed by atoms with Crippen molar-refractivity contribution in [2.24, 2.45) is 11.8 Å². The maximum absolute atomic E-state index is 11.3. The lowest BCUT2D eigenvalue weighted by molar-refractivity contribution is -0.147. The number of rotatable bonds is 3. The zero-order chi connectivity index (χ0) is 11.3. The first-order valence-corrected chi connectivity index (χ1v) is 4.98. The van der Waals surface area contributed by atoms with Crippen molar-refractivity contribution >= 4 is 11.9 Å². The Hall–Kier alpha value is -1.32. The number of carbonyl (C=O) groups excluding carboxylic acids is 2. The quantitative estimate of drug-likeness (QED) is 0.522.